The van der Waals surface area contributed by atoms with E-state index in [1.54, 1.807) is 9.21 Å². The fourth-order valence-corrected chi connectivity index (χ4v) is 5.44. The molecule has 0 aromatic carbocycles. The van der Waals surface area contributed by atoms with E-state index in [1.807, 2.05) is 12.2 Å². The van der Waals surface area contributed by atoms with Crippen molar-refractivity contribution in [3.05, 3.63) is 23.8 Å². The van der Waals surface area contributed by atoms with Crippen LogP contribution in [0.3, 0.4) is 0 Å². The van der Waals surface area contributed by atoms with Gasteiger partial charge in [-0.2, -0.15) is 0 Å². The number of cyclic esters (lactones) is 1. The number of piperidine rings is 1. The molecular weight excluding hydrogens is 370 g/mol. The number of amides is 2. The number of fused-ring (bicyclic) bond motifs is 1. The lowest BCUT2D eigenvalue weighted by molar-refractivity contribution is -0.119. The summed E-state index contributed by atoms with van der Waals surface area (Å²) in [6.45, 7) is 3.37. The SMILES string of the molecule is CC(=O)NC[C@H]1CN(C2C=CC(C34CC3CN(S(C)(=O)=O)C4)=CC2)C(=O)O1. The van der Waals surface area contributed by atoms with E-state index in [9.17, 15) is 18.0 Å². The minimum absolute atomic E-state index is 0.0377. The van der Waals surface area contributed by atoms with Crippen LogP contribution in [0, 0.1) is 11.3 Å². The highest BCUT2D eigenvalue weighted by atomic mass is 32.2. The van der Waals surface area contributed by atoms with E-state index >= 15 is 0 Å². The topological polar surface area (TPSA) is 96.0 Å². The first-order valence-electron chi connectivity index (χ1n) is 9.25. The number of nitrogens with zero attached hydrogens (tertiary/aromatic N) is 2. The quantitative estimate of drug-likeness (QED) is 0.730. The molecule has 27 heavy (non-hydrogen) atoms. The largest absolute Gasteiger partial charge is 0.442 e. The first-order valence-corrected chi connectivity index (χ1v) is 11.1. The summed E-state index contributed by atoms with van der Waals surface area (Å²) in [6, 6.07) is -0.0652. The van der Waals surface area contributed by atoms with Crippen LogP contribution in [0.15, 0.2) is 23.8 Å². The third-order valence-corrected chi connectivity index (χ3v) is 7.33. The lowest BCUT2D eigenvalue weighted by Gasteiger charge is -2.27. The zero-order valence-electron chi connectivity index (χ0n) is 15.6. The fraction of sp³-hybridized carbons (Fsp3) is 0.667. The first kappa shape index (κ1) is 18.5. The molecule has 9 heteroatoms. The lowest BCUT2D eigenvalue weighted by Crippen LogP contribution is -2.38. The molecule has 0 aromatic rings. The summed E-state index contributed by atoms with van der Waals surface area (Å²) in [7, 11) is -3.15. The molecule has 4 aliphatic rings. The number of carbonyl (C=O) groups is 2. The summed E-state index contributed by atoms with van der Waals surface area (Å²) in [5.41, 5.74) is 1.15. The van der Waals surface area contributed by atoms with Crippen molar-refractivity contribution in [1.82, 2.24) is 14.5 Å². The van der Waals surface area contributed by atoms with Crippen molar-refractivity contribution in [2.24, 2.45) is 11.3 Å². The smallest absolute Gasteiger partial charge is 0.410 e. The van der Waals surface area contributed by atoms with Gasteiger partial charge in [-0.15, -0.1) is 0 Å². The molecule has 3 fully saturated rings. The maximum atomic E-state index is 12.2. The second kappa shape index (κ2) is 6.34. The van der Waals surface area contributed by atoms with Gasteiger partial charge in [0.25, 0.3) is 0 Å². The molecule has 4 atom stereocenters. The molecule has 0 bridgehead atoms. The standard InChI is InChI=1S/C18H25N3O5S/c1-12(22)19-8-16-10-21(17(23)26-16)15-5-3-13(4-6-15)18-7-14(18)9-20(11-18)27(2,24)25/h3-5,14-16H,6-11H2,1-2H3,(H,19,22)/t14?,15?,16-,18?/m0/s1. The van der Waals surface area contributed by atoms with Gasteiger partial charge in [0.15, 0.2) is 0 Å². The number of nitrogens with one attached hydrogen (secondary N) is 1. The number of sulfonamides is 1. The predicted molar refractivity (Wildman–Crippen MR) is 98.2 cm³/mol. The van der Waals surface area contributed by atoms with E-state index in [0.717, 1.165) is 6.42 Å². The predicted octanol–water partition coefficient (Wildman–Crippen LogP) is 0.480. The molecule has 3 unspecified atom stereocenters. The summed E-state index contributed by atoms with van der Waals surface area (Å²) in [4.78, 5) is 24.9. The molecule has 8 nitrogen and oxygen atoms in total. The van der Waals surface area contributed by atoms with Gasteiger partial charge in [-0.3, -0.25) is 9.69 Å². The van der Waals surface area contributed by atoms with E-state index in [-0.39, 0.29) is 29.6 Å². The Labute approximate surface area is 159 Å². The van der Waals surface area contributed by atoms with Gasteiger partial charge < -0.3 is 10.1 Å². The van der Waals surface area contributed by atoms with Gasteiger partial charge in [-0.25, -0.2) is 17.5 Å². The van der Waals surface area contributed by atoms with Crippen LogP contribution < -0.4 is 5.32 Å². The van der Waals surface area contributed by atoms with Crippen LogP contribution in [0.25, 0.3) is 0 Å². The van der Waals surface area contributed by atoms with Gasteiger partial charge in [0.05, 0.1) is 25.4 Å². The summed E-state index contributed by atoms with van der Waals surface area (Å²) in [5, 5.41) is 2.68. The highest BCUT2D eigenvalue weighted by Gasteiger charge is 2.62. The molecular formula is C18H25N3O5S. The van der Waals surface area contributed by atoms with E-state index in [0.29, 0.717) is 38.5 Å². The summed E-state index contributed by atoms with van der Waals surface area (Å²) in [5.74, 6) is 0.256. The monoisotopic (exact) mass is 395 g/mol. The van der Waals surface area contributed by atoms with Crippen molar-refractivity contribution in [2.75, 3.05) is 32.4 Å². The van der Waals surface area contributed by atoms with E-state index < -0.39 is 10.0 Å². The van der Waals surface area contributed by atoms with Crippen LogP contribution >= 0.6 is 0 Å². The molecule has 0 spiro atoms. The van der Waals surface area contributed by atoms with Crippen LogP contribution in [-0.4, -0.2) is 74.2 Å². The molecule has 0 radical (unpaired) electrons. The molecule has 0 aromatic heterocycles. The molecule has 2 saturated heterocycles. The minimum Gasteiger partial charge on any atom is -0.442 e. The summed E-state index contributed by atoms with van der Waals surface area (Å²) >= 11 is 0. The number of allylic oxidation sites excluding steroid dienone is 1. The second-order valence-corrected chi connectivity index (χ2v) is 10.0. The van der Waals surface area contributed by atoms with Crippen molar-refractivity contribution in [1.29, 1.82) is 0 Å². The van der Waals surface area contributed by atoms with Crippen LogP contribution in [0.1, 0.15) is 19.8 Å². The number of rotatable bonds is 5. The first-order chi connectivity index (χ1) is 12.7. The highest BCUT2D eigenvalue weighted by molar-refractivity contribution is 7.88. The van der Waals surface area contributed by atoms with Gasteiger partial charge in [0.2, 0.25) is 15.9 Å². The van der Waals surface area contributed by atoms with Crippen molar-refractivity contribution < 1.29 is 22.7 Å². The Kier molecular flexibility index (Phi) is 4.34. The molecule has 2 heterocycles. The zero-order valence-corrected chi connectivity index (χ0v) is 16.4. The highest BCUT2D eigenvalue weighted by Crippen LogP contribution is 2.63. The normalized spacial score (nSPS) is 35.6. The van der Waals surface area contributed by atoms with Crippen molar-refractivity contribution in [2.45, 2.75) is 31.9 Å². The Morgan fingerprint density at radius 3 is 2.78 bits per heavy atom. The van der Waals surface area contributed by atoms with E-state index in [4.69, 9.17) is 4.74 Å². The Morgan fingerprint density at radius 2 is 2.19 bits per heavy atom. The summed E-state index contributed by atoms with van der Waals surface area (Å²) < 4.78 is 30.5. The minimum atomic E-state index is -3.15. The Balaban J connectivity index is 1.37. The van der Waals surface area contributed by atoms with Gasteiger partial charge in [0, 0.05) is 25.4 Å². The van der Waals surface area contributed by atoms with Crippen LogP contribution in [-0.2, 0) is 19.6 Å². The molecule has 148 valence electrons. The number of hydrogen-bond donors (Lipinski definition) is 1. The van der Waals surface area contributed by atoms with E-state index in [1.165, 1.54) is 18.8 Å². The van der Waals surface area contributed by atoms with Crippen LogP contribution in [0.2, 0.25) is 0 Å². The fourth-order valence-electron chi connectivity index (χ4n) is 4.52. The Bertz CT molecular complexity index is 836. The number of hydrogen-bond acceptors (Lipinski definition) is 5. The average Bonchev–Trinajstić information content (AvgIpc) is 2.97. The molecule has 2 aliphatic heterocycles. The molecule has 2 aliphatic carbocycles. The van der Waals surface area contributed by atoms with Crippen LogP contribution in [0.4, 0.5) is 4.79 Å². The van der Waals surface area contributed by atoms with Gasteiger partial charge >= 0.3 is 6.09 Å². The number of ether oxygens (including phenoxy) is 1. The van der Waals surface area contributed by atoms with Crippen LogP contribution in [0.5, 0.6) is 0 Å². The van der Waals surface area contributed by atoms with Crippen molar-refractivity contribution in [3.8, 4) is 0 Å². The lowest BCUT2D eigenvalue weighted by atomic mass is 9.89. The van der Waals surface area contributed by atoms with Crippen molar-refractivity contribution in [3.63, 3.8) is 0 Å². The summed E-state index contributed by atoms with van der Waals surface area (Å²) in [6.07, 6.45) is 8.52. The zero-order chi connectivity index (χ0) is 19.4. The number of carbonyl (C=O) groups excluding carboxylic acids is 2. The third kappa shape index (κ3) is 3.38. The molecule has 1 N–H and O–H groups in total. The third-order valence-electron chi connectivity index (χ3n) is 6.12. The Morgan fingerprint density at radius 1 is 1.41 bits per heavy atom. The van der Waals surface area contributed by atoms with Gasteiger partial charge in [-0.1, -0.05) is 18.2 Å². The van der Waals surface area contributed by atoms with E-state index in [2.05, 4.69) is 11.4 Å². The molecule has 1 saturated carbocycles. The van der Waals surface area contributed by atoms with Gasteiger partial charge in [0.1, 0.15) is 6.10 Å². The maximum absolute atomic E-state index is 12.2. The second-order valence-electron chi connectivity index (χ2n) is 8.03. The van der Waals surface area contributed by atoms with Crippen molar-refractivity contribution >= 4 is 22.0 Å². The van der Waals surface area contributed by atoms with Gasteiger partial charge in [-0.05, 0) is 24.3 Å². The molecule has 4 rings (SSSR count). The Hall–Kier alpha value is -1.87. The maximum Gasteiger partial charge on any atom is 0.410 e. The molecule has 2 amide bonds. The average molecular weight is 395 g/mol.